The van der Waals surface area contributed by atoms with Crippen molar-refractivity contribution in [3.8, 4) is 0 Å². The normalized spacial score (nSPS) is 0. The first kappa shape index (κ1) is 1790. The Hall–Kier alpha value is 0.633. The summed E-state index contributed by atoms with van der Waals surface area (Å²) >= 11 is 0. The van der Waals surface area contributed by atoms with Crippen LogP contribution in [0.15, 0.2) is 0 Å². The van der Waals surface area contributed by atoms with Gasteiger partial charge < -0.3 is 50.7 Å². The van der Waals surface area contributed by atoms with Crippen LogP contribution in [0, 0.1) is 0 Å². The van der Waals surface area contributed by atoms with E-state index in [-0.39, 0.29) is 70.2 Å². The van der Waals surface area contributed by atoms with E-state index in [9.17, 15) is 0 Å². The van der Waals surface area contributed by atoms with E-state index >= 15 is 0 Å². The van der Waals surface area contributed by atoms with Crippen molar-refractivity contribution in [2.45, 2.75) is 0 Å². The van der Waals surface area contributed by atoms with Crippen LogP contribution >= 0.6 is 0 Å². The fourth-order valence-electron chi connectivity index (χ4n) is 0. The molecule has 0 fully saturated rings. The van der Waals surface area contributed by atoms with Gasteiger partial charge in [0.05, 0.1) is 0 Å². The fraction of sp³-hybridized carbons (Fsp3) is 0. The molecule has 14 N–H and O–H groups in total. The second-order valence-corrected chi connectivity index (χ2v) is 0. The number of hydrogen-bond donors (Lipinski definition) is 0. The Bertz CT molecular complexity index is 8.88. The molecule has 7 nitrogen and oxygen atoms in total. The first-order valence-corrected chi connectivity index (χ1v) is 0. The van der Waals surface area contributed by atoms with Crippen LogP contribution in [0.1, 0.15) is 0 Å². The molecule has 0 aliphatic rings. The molecule has 0 bridgehead atoms. The van der Waals surface area contributed by atoms with Crippen molar-refractivity contribution in [1.29, 1.82) is 0 Å². The van der Waals surface area contributed by atoms with Crippen LogP contribution in [0.4, 0.5) is 0 Å². The average Bonchev–Trinajstić information content (AvgIpc) is 0. The summed E-state index contributed by atoms with van der Waals surface area (Å²) < 4.78 is 0. The molecular weight excluding hydrogens is 249 g/mol. The van der Waals surface area contributed by atoms with Crippen LogP contribution in [0.25, 0.3) is 0 Å². The molecule has 9 heteroatoms. The summed E-state index contributed by atoms with van der Waals surface area (Å²) in [6.07, 6.45) is 0. The van der Waals surface area contributed by atoms with Crippen molar-refractivity contribution < 1.29 is 70.2 Å². The van der Waals surface area contributed by atoms with E-state index in [0.29, 0.717) is 0 Å². The zero-order valence-electron chi connectivity index (χ0n) is 4.23. The van der Waals surface area contributed by atoms with Gasteiger partial charge in [0.25, 0.3) is 0 Å². The summed E-state index contributed by atoms with van der Waals surface area (Å²) in [4.78, 5) is 0. The van der Waals surface area contributed by atoms with E-state index in [4.69, 9.17) is 0 Å². The molecule has 68 valence electrons. The Labute approximate surface area is 70.8 Å². The van der Waals surface area contributed by atoms with Gasteiger partial charge in [0.1, 0.15) is 0 Å². The van der Waals surface area contributed by atoms with Gasteiger partial charge in [-0.25, -0.2) is 0 Å². The summed E-state index contributed by atoms with van der Waals surface area (Å²) in [6.45, 7) is 0. The van der Waals surface area contributed by atoms with Crippen molar-refractivity contribution in [2.75, 3.05) is 0 Å². The van der Waals surface area contributed by atoms with Crippen molar-refractivity contribution in [2.24, 2.45) is 0 Å². The standard InChI is InChI=1S/ClH.7H2O.Ru/h1H;7*1H2;/q;;;;;;;;+4/p-1. The molecule has 0 heterocycles. The third kappa shape index (κ3) is 947. The third-order valence-corrected chi connectivity index (χ3v) is 0. The van der Waals surface area contributed by atoms with Crippen LogP contribution in [-0.2, 0) is 19.5 Å². The predicted octanol–water partition coefficient (Wildman–Crippen LogP) is -8.77. The Kier molecular flexibility index (Phi) is 249000. The molecule has 0 aliphatic carbocycles. The van der Waals surface area contributed by atoms with E-state index < -0.39 is 0 Å². The Morgan fingerprint density at radius 1 is 0.333 bits per heavy atom. The summed E-state index contributed by atoms with van der Waals surface area (Å²) in [5, 5.41) is 0. The van der Waals surface area contributed by atoms with E-state index in [1.54, 1.807) is 0 Å². The molecule has 0 aliphatic heterocycles. The third-order valence-electron chi connectivity index (χ3n) is 0. The summed E-state index contributed by atoms with van der Waals surface area (Å²) in [6, 6.07) is 0. The maximum Gasteiger partial charge on any atom is 4.00 e. The van der Waals surface area contributed by atoms with Gasteiger partial charge in [0, 0.05) is 0 Å². The monoisotopic (exact) mass is 263 g/mol. The molecule has 0 saturated carbocycles. The molecule has 0 atom stereocenters. The minimum absolute atomic E-state index is 0. The predicted molar refractivity (Wildman–Crippen MR) is 25.3 cm³/mol. The van der Waals surface area contributed by atoms with Crippen LogP contribution in [0.3, 0.4) is 0 Å². The molecule has 0 aromatic carbocycles. The molecule has 9 heavy (non-hydrogen) atoms. The minimum atomic E-state index is 0. The maximum absolute atomic E-state index is 0. The number of hydrogen-bond acceptors (Lipinski definition) is 0. The zero-order chi connectivity index (χ0) is 0. The summed E-state index contributed by atoms with van der Waals surface area (Å²) in [5.41, 5.74) is 0. The van der Waals surface area contributed by atoms with E-state index in [0.717, 1.165) is 0 Å². The van der Waals surface area contributed by atoms with Gasteiger partial charge >= 0.3 is 19.5 Å². The summed E-state index contributed by atoms with van der Waals surface area (Å²) in [5.74, 6) is 0. The molecular formula is H14ClO7Ru+3. The smallest absolute Gasteiger partial charge is 1.00 e. The maximum atomic E-state index is 0. The molecule has 0 radical (unpaired) electrons. The van der Waals surface area contributed by atoms with E-state index in [1.165, 1.54) is 0 Å². The van der Waals surface area contributed by atoms with Crippen LogP contribution in [0.5, 0.6) is 0 Å². The van der Waals surface area contributed by atoms with Crippen LogP contribution in [0.2, 0.25) is 0 Å². The molecule has 0 amide bonds. The van der Waals surface area contributed by atoms with Crippen molar-refractivity contribution in [3.63, 3.8) is 0 Å². The Morgan fingerprint density at radius 3 is 0.333 bits per heavy atom. The van der Waals surface area contributed by atoms with Gasteiger partial charge in [-0.05, 0) is 0 Å². The van der Waals surface area contributed by atoms with Gasteiger partial charge in [-0.2, -0.15) is 0 Å². The van der Waals surface area contributed by atoms with Gasteiger partial charge in [0.2, 0.25) is 0 Å². The fourth-order valence-corrected chi connectivity index (χ4v) is 0. The topological polar surface area (TPSA) is 220 Å². The molecule has 0 spiro atoms. The van der Waals surface area contributed by atoms with Gasteiger partial charge in [-0.15, -0.1) is 0 Å². The molecule has 0 saturated heterocycles. The van der Waals surface area contributed by atoms with Crippen molar-refractivity contribution in [3.05, 3.63) is 0 Å². The SMILES string of the molecule is O.O.O.O.O.O.O.[Cl-].[Ru+4]. The Balaban J connectivity index is 0. The summed E-state index contributed by atoms with van der Waals surface area (Å²) in [7, 11) is 0. The first-order valence-electron chi connectivity index (χ1n) is 0. The molecule has 0 unspecified atom stereocenters. The molecule has 0 aromatic heterocycles. The quantitative estimate of drug-likeness (QED) is 0.371. The number of halogens is 1. The first-order chi connectivity index (χ1) is 0. The van der Waals surface area contributed by atoms with Crippen molar-refractivity contribution >= 4 is 0 Å². The van der Waals surface area contributed by atoms with Gasteiger partial charge in [-0.3, -0.25) is 0 Å². The van der Waals surface area contributed by atoms with Crippen molar-refractivity contribution in [1.82, 2.24) is 0 Å². The zero-order valence-corrected chi connectivity index (χ0v) is 6.73. The molecule has 0 aromatic rings. The van der Waals surface area contributed by atoms with Gasteiger partial charge in [-0.1, -0.05) is 0 Å². The van der Waals surface area contributed by atoms with Crippen LogP contribution in [-0.4, -0.2) is 38.3 Å². The second-order valence-electron chi connectivity index (χ2n) is 0. The largest absolute Gasteiger partial charge is 4.00 e. The van der Waals surface area contributed by atoms with E-state index in [2.05, 4.69) is 0 Å². The Morgan fingerprint density at radius 2 is 0.333 bits per heavy atom. The number of rotatable bonds is 0. The minimum Gasteiger partial charge on any atom is -1.00 e. The van der Waals surface area contributed by atoms with Gasteiger partial charge in [0.15, 0.2) is 0 Å². The van der Waals surface area contributed by atoms with Crippen LogP contribution < -0.4 is 12.4 Å². The molecule has 0 rings (SSSR count). The average molecular weight is 263 g/mol. The second kappa shape index (κ2) is 1250. The van der Waals surface area contributed by atoms with E-state index in [1.807, 2.05) is 0 Å².